The molecule has 98 valence electrons. The van der Waals surface area contributed by atoms with Crippen molar-refractivity contribution in [1.29, 1.82) is 0 Å². The van der Waals surface area contributed by atoms with Gasteiger partial charge >= 0.3 is 5.97 Å². The van der Waals surface area contributed by atoms with Gasteiger partial charge in [0.1, 0.15) is 0 Å². The average molecular weight is 249 g/mol. The topological polar surface area (TPSA) is 79.5 Å². The highest BCUT2D eigenvalue weighted by Gasteiger charge is 2.27. The molecular weight excluding hydrogens is 230 g/mol. The molecule has 0 saturated carbocycles. The molecule has 0 spiro atoms. The Bertz CT molecular complexity index is 452. The largest absolute Gasteiger partial charge is 0.477 e. The lowest BCUT2D eigenvalue weighted by Crippen LogP contribution is -2.44. The average Bonchev–Trinajstić information content (AvgIpc) is 2.30. The molecule has 0 amide bonds. The molecule has 0 bridgehead atoms. The second-order valence-electron chi connectivity index (χ2n) is 4.95. The first kappa shape index (κ1) is 12.7. The van der Waals surface area contributed by atoms with Gasteiger partial charge in [-0.1, -0.05) is 0 Å². The molecule has 0 radical (unpaired) electrons. The van der Waals surface area contributed by atoms with Crippen LogP contribution in [0.3, 0.4) is 0 Å². The van der Waals surface area contributed by atoms with Crippen molar-refractivity contribution in [2.45, 2.75) is 45.2 Å². The number of carbonyl (C=O) groups is 1. The van der Waals surface area contributed by atoms with Crippen molar-refractivity contribution in [1.82, 2.24) is 4.98 Å². The zero-order chi connectivity index (χ0) is 13.3. The van der Waals surface area contributed by atoms with Crippen molar-refractivity contribution in [2.75, 3.05) is 10.6 Å². The van der Waals surface area contributed by atoms with Crippen LogP contribution in [0.4, 0.5) is 11.5 Å². The van der Waals surface area contributed by atoms with Crippen LogP contribution in [0.25, 0.3) is 0 Å². The number of hydrogen-bond donors (Lipinski definition) is 2. The monoisotopic (exact) mass is 249 g/mol. The van der Waals surface area contributed by atoms with E-state index >= 15 is 0 Å². The van der Waals surface area contributed by atoms with Crippen LogP contribution in [0.15, 0.2) is 12.1 Å². The summed E-state index contributed by atoms with van der Waals surface area (Å²) in [6, 6.07) is 3.75. The van der Waals surface area contributed by atoms with Gasteiger partial charge in [-0.05, 0) is 45.2 Å². The number of nitrogen functional groups attached to an aromatic ring is 1. The Balaban J connectivity index is 2.41. The SMILES string of the molecule is C[C@@H]1CCC[C@H](C)N1c1nc(C(=O)O)ccc1N. The Labute approximate surface area is 107 Å². The van der Waals surface area contributed by atoms with Gasteiger partial charge in [-0.3, -0.25) is 0 Å². The second-order valence-corrected chi connectivity index (χ2v) is 4.95. The fraction of sp³-hybridized carbons (Fsp3) is 0.538. The van der Waals surface area contributed by atoms with Gasteiger partial charge < -0.3 is 15.7 Å². The molecule has 1 saturated heterocycles. The summed E-state index contributed by atoms with van der Waals surface area (Å²) in [6.45, 7) is 4.26. The number of nitrogens with two attached hydrogens (primary N) is 1. The van der Waals surface area contributed by atoms with Crippen molar-refractivity contribution in [3.05, 3.63) is 17.8 Å². The Hall–Kier alpha value is -1.78. The Morgan fingerprint density at radius 2 is 2.00 bits per heavy atom. The smallest absolute Gasteiger partial charge is 0.354 e. The number of aromatic carboxylic acids is 1. The predicted octanol–water partition coefficient (Wildman–Crippen LogP) is 2.13. The maximum atomic E-state index is 11.0. The minimum absolute atomic E-state index is 0.0455. The summed E-state index contributed by atoms with van der Waals surface area (Å²) in [7, 11) is 0. The van der Waals surface area contributed by atoms with Crippen LogP contribution < -0.4 is 10.6 Å². The van der Waals surface area contributed by atoms with E-state index in [1.807, 2.05) is 0 Å². The summed E-state index contributed by atoms with van der Waals surface area (Å²) >= 11 is 0. The molecule has 2 heterocycles. The first-order valence-electron chi connectivity index (χ1n) is 6.29. The van der Waals surface area contributed by atoms with E-state index in [4.69, 9.17) is 10.8 Å². The van der Waals surface area contributed by atoms with E-state index in [0.29, 0.717) is 23.6 Å². The maximum absolute atomic E-state index is 11.0. The van der Waals surface area contributed by atoms with Crippen molar-refractivity contribution in [2.24, 2.45) is 0 Å². The lowest BCUT2D eigenvalue weighted by molar-refractivity contribution is 0.0690. The summed E-state index contributed by atoms with van der Waals surface area (Å²) in [6.07, 6.45) is 3.36. The van der Waals surface area contributed by atoms with E-state index < -0.39 is 5.97 Å². The van der Waals surface area contributed by atoms with Crippen molar-refractivity contribution in [3.63, 3.8) is 0 Å². The molecule has 18 heavy (non-hydrogen) atoms. The summed E-state index contributed by atoms with van der Waals surface area (Å²) < 4.78 is 0. The number of rotatable bonds is 2. The fourth-order valence-corrected chi connectivity index (χ4v) is 2.62. The molecule has 0 aliphatic carbocycles. The third kappa shape index (κ3) is 2.25. The van der Waals surface area contributed by atoms with Gasteiger partial charge in [-0.15, -0.1) is 0 Å². The van der Waals surface area contributed by atoms with E-state index in [0.717, 1.165) is 12.8 Å². The third-order valence-corrected chi connectivity index (χ3v) is 3.56. The zero-order valence-corrected chi connectivity index (χ0v) is 10.8. The van der Waals surface area contributed by atoms with E-state index in [1.165, 1.54) is 12.5 Å². The van der Waals surface area contributed by atoms with Crippen LogP contribution in [0, 0.1) is 0 Å². The van der Waals surface area contributed by atoms with Crippen molar-refractivity contribution >= 4 is 17.5 Å². The molecule has 5 nitrogen and oxygen atoms in total. The first-order chi connectivity index (χ1) is 8.50. The highest BCUT2D eigenvalue weighted by molar-refractivity contribution is 5.87. The number of carboxylic acids is 1. The molecular formula is C13H19N3O2. The molecule has 0 aromatic carbocycles. The number of nitrogens with zero attached hydrogens (tertiary/aromatic N) is 2. The number of pyridine rings is 1. The summed E-state index contributed by atoms with van der Waals surface area (Å²) in [5.74, 6) is -0.414. The van der Waals surface area contributed by atoms with Crippen LogP contribution >= 0.6 is 0 Å². The van der Waals surface area contributed by atoms with Gasteiger partial charge in [-0.25, -0.2) is 9.78 Å². The minimum atomic E-state index is -1.02. The van der Waals surface area contributed by atoms with Crippen LogP contribution in [0.1, 0.15) is 43.6 Å². The summed E-state index contributed by atoms with van der Waals surface area (Å²) in [5, 5.41) is 9.01. The number of carboxylic acid groups (broad SMARTS) is 1. The molecule has 5 heteroatoms. The van der Waals surface area contributed by atoms with Crippen molar-refractivity contribution in [3.8, 4) is 0 Å². The van der Waals surface area contributed by atoms with Crippen LogP contribution in [0.2, 0.25) is 0 Å². The van der Waals surface area contributed by atoms with Gasteiger partial charge in [0.25, 0.3) is 0 Å². The van der Waals surface area contributed by atoms with E-state index in [9.17, 15) is 4.79 Å². The molecule has 1 fully saturated rings. The lowest BCUT2D eigenvalue weighted by Gasteiger charge is -2.40. The summed E-state index contributed by atoms with van der Waals surface area (Å²) in [5.41, 5.74) is 6.54. The Morgan fingerprint density at radius 3 is 2.56 bits per heavy atom. The molecule has 2 rings (SSSR count). The van der Waals surface area contributed by atoms with Gasteiger partial charge in [0, 0.05) is 12.1 Å². The zero-order valence-electron chi connectivity index (χ0n) is 10.8. The van der Waals surface area contributed by atoms with Crippen LogP contribution in [-0.4, -0.2) is 28.1 Å². The lowest BCUT2D eigenvalue weighted by atomic mass is 9.97. The standard InChI is InChI=1S/C13H19N3O2/c1-8-4-3-5-9(2)16(8)12-10(14)6-7-11(15-12)13(17)18/h6-9H,3-5,14H2,1-2H3,(H,17,18)/t8-,9+. The van der Waals surface area contributed by atoms with Gasteiger partial charge in [0.2, 0.25) is 0 Å². The Morgan fingerprint density at radius 1 is 1.39 bits per heavy atom. The molecule has 1 aliphatic rings. The predicted molar refractivity (Wildman–Crippen MR) is 70.9 cm³/mol. The molecule has 1 aliphatic heterocycles. The molecule has 1 aromatic rings. The second kappa shape index (κ2) is 4.84. The normalized spacial score (nSPS) is 24.0. The number of anilines is 2. The molecule has 2 atom stereocenters. The van der Waals surface area contributed by atoms with Crippen LogP contribution in [0.5, 0.6) is 0 Å². The maximum Gasteiger partial charge on any atom is 0.354 e. The minimum Gasteiger partial charge on any atom is -0.477 e. The van der Waals surface area contributed by atoms with Gasteiger partial charge in [0.05, 0.1) is 5.69 Å². The van der Waals surface area contributed by atoms with Gasteiger partial charge in [-0.2, -0.15) is 0 Å². The number of hydrogen-bond acceptors (Lipinski definition) is 4. The summed E-state index contributed by atoms with van der Waals surface area (Å²) in [4.78, 5) is 17.3. The fourth-order valence-electron chi connectivity index (χ4n) is 2.62. The number of piperidine rings is 1. The molecule has 0 unspecified atom stereocenters. The van der Waals surface area contributed by atoms with E-state index in [-0.39, 0.29) is 5.69 Å². The number of aromatic nitrogens is 1. The molecule has 1 aromatic heterocycles. The van der Waals surface area contributed by atoms with Crippen LogP contribution in [-0.2, 0) is 0 Å². The third-order valence-electron chi connectivity index (χ3n) is 3.56. The molecule has 3 N–H and O–H groups in total. The Kier molecular flexibility index (Phi) is 3.41. The highest BCUT2D eigenvalue weighted by atomic mass is 16.4. The van der Waals surface area contributed by atoms with Crippen molar-refractivity contribution < 1.29 is 9.90 Å². The van der Waals surface area contributed by atoms with E-state index in [1.54, 1.807) is 6.07 Å². The first-order valence-corrected chi connectivity index (χ1v) is 6.29. The highest BCUT2D eigenvalue weighted by Crippen LogP contribution is 2.31. The van der Waals surface area contributed by atoms with Gasteiger partial charge in [0.15, 0.2) is 11.5 Å². The van der Waals surface area contributed by atoms with E-state index in [2.05, 4.69) is 23.7 Å². The quantitative estimate of drug-likeness (QED) is 0.839.